The summed E-state index contributed by atoms with van der Waals surface area (Å²) in [4.78, 5) is 24.7. The number of amides is 1. The van der Waals surface area contributed by atoms with E-state index in [2.05, 4.69) is 5.32 Å². The molecule has 23 heavy (non-hydrogen) atoms. The summed E-state index contributed by atoms with van der Waals surface area (Å²) in [5.74, 6) is 0.569. The highest BCUT2D eigenvalue weighted by atomic mass is 16.5. The zero-order valence-corrected chi connectivity index (χ0v) is 13.4. The van der Waals surface area contributed by atoms with Gasteiger partial charge in [0.25, 0.3) is 5.56 Å². The van der Waals surface area contributed by atoms with Gasteiger partial charge in [0.1, 0.15) is 12.3 Å². The number of nitrogens with zero attached hydrogens (tertiary/aromatic N) is 1. The highest BCUT2D eigenvalue weighted by Crippen LogP contribution is 2.22. The van der Waals surface area contributed by atoms with Crippen molar-refractivity contribution >= 4 is 16.7 Å². The molecule has 2 aromatic rings. The summed E-state index contributed by atoms with van der Waals surface area (Å²) >= 11 is 0. The van der Waals surface area contributed by atoms with Gasteiger partial charge in [-0.05, 0) is 31.0 Å². The first-order chi connectivity index (χ1) is 11.2. The summed E-state index contributed by atoms with van der Waals surface area (Å²) < 4.78 is 6.73. The van der Waals surface area contributed by atoms with Crippen LogP contribution in [0.2, 0.25) is 0 Å². The van der Waals surface area contributed by atoms with Crippen molar-refractivity contribution in [2.45, 2.75) is 44.7 Å². The standard InChI is InChI=1S/C18H22N2O3/c1-23-16-9-5-8-15-14(16)10-11-20(18(15)22)12-17(21)19-13-6-3-2-4-7-13/h5,8-11,13H,2-4,6-7,12H2,1H3,(H,19,21). The molecule has 1 aromatic heterocycles. The Balaban J connectivity index is 1.79. The Bertz CT molecular complexity index is 760. The summed E-state index contributed by atoms with van der Waals surface area (Å²) in [7, 11) is 1.58. The minimum absolute atomic E-state index is 0.0580. The molecule has 1 heterocycles. The molecule has 5 heteroatoms. The van der Waals surface area contributed by atoms with Gasteiger partial charge in [0.15, 0.2) is 0 Å². The third-order valence-electron chi connectivity index (χ3n) is 4.48. The van der Waals surface area contributed by atoms with Gasteiger partial charge in [-0.2, -0.15) is 0 Å². The number of hydrogen-bond donors (Lipinski definition) is 1. The predicted octanol–water partition coefficient (Wildman–Crippen LogP) is 2.46. The molecule has 5 nitrogen and oxygen atoms in total. The third-order valence-corrected chi connectivity index (χ3v) is 4.48. The highest BCUT2D eigenvalue weighted by molar-refractivity contribution is 5.87. The minimum Gasteiger partial charge on any atom is -0.496 e. The maximum Gasteiger partial charge on any atom is 0.259 e. The van der Waals surface area contributed by atoms with Crippen LogP contribution in [0.5, 0.6) is 5.75 Å². The molecule has 0 spiro atoms. The number of nitrogens with one attached hydrogen (secondary N) is 1. The zero-order chi connectivity index (χ0) is 16.2. The Labute approximate surface area is 135 Å². The summed E-state index contributed by atoms with van der Waals surface area (Å²) in [6.07, 6.45) is 7.32. The SMILES string of the molecule is COc1cccc2c(=O)n(CC(=O)NC3CCCCC3)ccc12. The quantitative estimate of drug-likeness (QED) is 0.943. The number of benzene rings is 1. The Morgan fingerprint density at radius 1 is 1.22 bits per heavy atom. The zero-order valence-electron chi connectivity index (χ0n) is 13.4. The summed E-state index contributed by atoms with van der Waals surface area (Å²) in [6, 6.07) is 7.45. The van der Waals surface area contributed by atoms with Crippen LogP contribution in [0.1, 0.15) is 32.1 Å². The highest BCUT2D eigenvalue weighted by Gasteiger charge is 2.16. The Morgan fingerprint density at radius 2 is 2.00 bits per heavy atom. The molecule has 122 valence electrons. The summed E-state index contributed by atoms with van der Waals surface area (Å²) in [5.41, 5.74) is -0.166. The van der Waals surface area contributed by atoms with Gasteiger partial charge in [0.05, 0.1) is 12.5 Å². The fraction of sp³-hybridized carbons (Fsp3) is 0.444. The number of hydrogen-bond acceptors (Lipinski definition) is 3. The Morgan fingerprint density at radius 3 is 2.74 bits per heavy atom. The molecule has 1 fully saturated rings. The molecule has 0 unspecified atom stereocenters. The lowest BCUT2D eigenvalue weighted by molar-refractivity contribution is -0.122. The van der Waals surface area contributed by atoms with Crippen molar-refractivity contribution in [1.29, 1.82) is 0 Å². The minimum atomic E-state index is -0.166. The van der Waals surface area contributed by atoms with Gasteiger partial charge in [-0.15, -0.1) is 0 Å². The number of methoxy groups -OCH3 is 1. The van der Waals surface area contributed by atoms with Crippen molar-refractivity contribution in [3.05, 3.63) is 40.8 Å². The maximum atomic E-state index is 12.6. The molecule has 1 aliphatic rings. The van der Waals surface area contributed by atoms with Crippen molar-refractivity contribution < 1.29 is 9.53 Å². The molecule has 3 rings (SSSR count). The summed E-state index contributed by atoms with van der Waals surface area (Å²) in [5, 5.41) is 4.38. The van der Waals surface area contributed by atoms with Crippen molar-refractivity contribution in [3.63, 3.8) is 0 Å². The van der Waals surface area contributed by atoms with Crippen LogP contribution in [0.3, 0.4) is 0 Å². The fourth-order valence-electron chi connectivity index (χ4n) is 3.27. The lowest BCUT2D eigenvalue weighted by Crippen LogP contribution is -2.39. The van der Waals surface area contributed by atoms with E-state index < -0.39 is 0 Å². The van der Waals surface area contributed by atoms with Gasteiger partial charge >= 0.3 is 0 Å². The molecular weight excluding hydrogens is 292 g/mol. The molecule has 0 bridgehead atoms. The van der Waals surface area contributed by atoms with E-state index in [4.69, 9.17) is 4.74 Å². The molecule has 0 atom stereocenters. The van der Waals surface area contributed by atoms with Crippen molar-refractivity contribution in [1.82, 2.24) is 9.88 Å². The topological polar surface area (TPSA) is 60.3 Å². The van der Waals surface area contributed by atoms with Gasteiger partial charge in [-0.3, -0.25) is 9.59 Å². The number of ether oxygens (including phenoxy) is 1. The first-order valence-electron chi connectivity index (χ1n) is 8.14. The number of pyridine rings is 1. The van der Waals surface area contributed by atoms with E-state index in [1.807, 2.05) is 12.1 Å². The van der Waals surface area contributed by atoms with Crippen molar-refractivity contribution in [2.75, 3.05) is 7.11 Å². The van der Waals surface area contributed by atoms with Gasteiger partial charge in [-0.25, -0.2) is 0 Å². The molecule has 1 aliphatic carbocycles. The van der Waals surface area contributed by atoms with Crippen LogP contribution >= 0.6 is 0 Å². The second-order valence-corrected chi connectivity index (χ2v) is 6.07. The number of carbonyl (C=O) groups is 1. The van der Waals surface area contributed by atoms with Crippen LogP contribution in [-0.4, -0.2) is 23.6 Å². The van der Waals surface area contributed by atoms with E-state index in [1.54, 1.807) is 25.4 Å². The van der Waals surface area contributed by atoms with Gasteiger partial charge in [0.2, 0.25) is 5.91 Å². The van der Waals surface area contributed by atoms with Crippen LogP contribution in [0.25, 0.3) is 10.8 Å². The van der Waals surface area contributed by atoms with E-state index in [1.165, 1.54) is 23.8 Å². The van der Waals surface area contributed by atoms with Gasteiger partial charge in [0, 0.05) is 17.6 Å². The average Bonchev–Trinajstić information content (AvgIpc) is 2.58. The Hall–Kier alpha value is -2.30. The predicted molar refractivity (Wildman–Crippen MR) is 89.8 cm³/mol. The average molecular weight is 314 g/mol. The first-order valence-corrected chi connectivity index (χ1v) is 8.14. The number of aromatic nitrogens is 1. The lowest BCUT2D eigenvalue weighted by Gasteiger charge is -2.22. The molecule has 1 N–H and O–H groups in total. The first kappa shape index (κ1) is 15.6. The van der Waals surface area contributed by atoms with Crippen LogP contribution in [0.4, 0.5) is 0 Å². The maximum absolute atomic E-state index is 12.6. The van der Waals surface area contributed by atoms with Crippen LogP contribution < -0.4 is 15.6 Å². The Kier molecular flexibility index (Phi) is 4.65. The molecule has 0 saturated heterocycles. The fourth-order valence-corrected chi connectivity index (χ4v) is 3.27. The van der Waals surface area contributed by atoms with E-state index in [-0.39, 0.29) is 24.1 Å². The number of rotatable bonds is 4. The largest absolute Gasteiger partial charge is 0.496 e. The lowest BCUT2D eigenvalue weighted by atomic mass is 9.95. The third kappa shape index (κ3) is 3.38. The van der Waals surface area contributed by atoms with Crippen LogP contribution in [0.15, 0.2) is 35.3 Å². The smallest absolute Gasteiger partial charge is 0.259 e. The molecule has 0 radical (unpaired) electrons. The van der Waals surface area contributed by atoms with E-state index in [9.17, 15) is 9.59 Å². The van der Waals surface area contributed by atoms with E-state index >= 15 is 0 Å². The summed E-state index contributed by atoms with van der Waals surface area (Å²) in [6.45, 7) is 0.0580. The number of fused-ring (bicyclic) bond motifs is 1. The van der Waals surface area contributed by atoms with E-state index in [0.29, 0.717) is 11.1 Å². The van der Waals surface area contributed by atoms with Crippen molar-refractivity contribution in [2.24, 2.45) is 0 Å². The van der Waals surface area contributed by atoms with E-state index in [0.717, 1.165) is 18.2 Å². The number of carbonyl (C=O) groups excluding carboxylic acids is 1. The molecule has 0 aliphatic heterocycles. The van der Waals surface area contributed by atoms with Crippen LogP contribution in [0, 0.1) is 0 Å². The molecule has 1 saturated carbocycles. The van der Waals surface area contributed by atoms with Crippen molar-refractivity contribution in [3.8, 4) is 5.75 Å². The molecular formula is C18H22N2O3. The second kappa shape index (κ2) is 6.86. The van der Waals surface area contributed by atoms with Crippen LogP contribution in [-0.2, 0) is 11.3 Å². The molecule has 1 amide bonds. The monoisotopic (exact) mass is 314 g/mol. The normalized spacial score (nSPS) is 15.5. The van der Waals surface area contributed by atoms with Gasteiger partial charge < -0.3 is 14.6 Å². The molecule has 1 aromatic carbocycles. The second-order valence-electron chi connectivity index (χ2n) is 6.07. The van der Waals surface area contributed by atoms with Gasteiger partial charge in [-0.1, -0.05) is 25.3 Å².